The van der Waals surface area contributed by atoms with Crippen LogP contribution in [0.2, 0.25) is 0 Å². The van der Waals surface area contributed by atoms with Gasteiger partial charge in [-0.1, -0.05) is 24.6 Å². The molecule has 0 amide bonds. The first kappa shape index (κ1) is 14.7. The molecule has 0 aromatic heterocycles. The van der Waals surface area contributed by atoms with Gasteiger partial charge in [0.25, 0.3) is 0 Å². The van der Waals surface area contributed by atoms with Gasteiger partial charge in [0.05, 0.1) is 4.90 Å². The van der Waals surface area contributed by atoms with Crippen LogP contribution in [0.4, 0.5) is 0 Å². The second kappa shape index (κ2) is 5.49. The Morgan fingerprint density at radius 1 is 1.39 bits per heavy atom. The molecule has 0 radical (unpaired) electrons. The van der Waals surface area contributed by atoms with Crippen LogP contribution < -0.4 is 4.72 Å². The van der Waals surface area contributed by atoms with Crippen molar-refractivity contribution in [3.8, 4) is 0 Å². The number of hydrogen-bond acceptors (Lipinski definition) is 3. The molecule has 0 spiro atoms. The van der Waals surface area contributed by atoms with Gasteiger partial charge >= 0.3 is 5.97 Å². The molecule has 18 heavy (non-hydrogen) atoms. The van der Waals surface area contributed by atoms with Crippen molar-refractivity contribution in [2.75, 3.05) is 0 Å². The van der Waals surface area contributed by atoms with E-state index in [1.54, 1.807) is 26.0 Å². The van der Waals surface area contributed by atoms with Crippen LogP contribution in [0.1, 0.15) is 24.5 Å². The summed E-state index contributed by atoms with van der Waals surface area (Å²) in [5.74, 6) is -1.18. The van der Waals surface area contributed by atoms with E-state index in [1.807, 2.05) is 6.92 Å². The largest absolute Gasteiger partial charge is 0.480 e. The first-order valence-corrected chi connectivity index (χ1v) is 7.08. The zero-order valence-corrected chi connectivity index (χ0v) is 11.4. The van der Waals surface area contributed by atoms with Gasteiger partial charge in [0.2, 0.25) is 10.0 Å². The van der Waals surface area contributed by atoms with Crippen molar-refractivity contribution in [1.29, 1.82) is 0 Å². The molecule has 0 unspecified atom stereocenters. The molecule has 2 N–H and O–H groups in total. The fourth-order valence-corrected chi connectivity index (χ4v) is 3.16. The summed E-state index contributed by atoms with van der Waals surface area (Å²) < 4.78 is 26.3. The van der Waals surface area contributed by atoms with Gasteiger partial charge in [0.15, 0.2) is 0 Å². The van der Waals surface area contributed by atoms with Crippen molar-refractivity contribution in [2.24, 2.45) is 0 Å². The molecule has 0 saturated heterocycles. The molecule has 100 valence electrons. The van der Waals surface area contributed by atoms with E-state index in [2.05, 4.69) is 4.72 Å². The Hall–Kier alpha value is -1.40. The summed E-state index contributed by atoms with van der Waals surface area (Å²) in [6.07, 6.45) is 0.194. The molecule has 0 aliphatic heterocycles. The minimum Gasteiger partial charge on any atom is -0.480 e. The summed E-state index contributed by atoms with van der Waals surface area (Å²) >= 11 is 0. The van der Waals surface area contributed by atoms with Crippen LogP contribution in [0.15, 0.2) is 23.1 Å². The van der Waals surface area contributed by atoms with E-state index in [1.165, 1.54) is 6.07 Å². The van der Waals surface area contributed by atoms with Crippen molar-refractivity contribution < 1.29 is 18.3 Å². The minimum absolute atomic E-state index is 0.118. The van der Waals surface area contributed by atoms with Crippen molar-refractivity contribution >= 4 is 16.0 Å². The Morgan fingerprint density at radius 3 is 2.44 bits per heavy atom. The van der Waals surface area contributed by atoms with Crippen molar-refractivity contribution in [1.82, 2.24) is 4.72 Å². The summed E-state index contributed by atoms with van der Waals surface area (Å²) in [6.45, 7) is 5.16. The lowest BCUT2D eigenvalue weighted by Gasteiger charge is -2.14. The van der Waals surface area contributed by atoms with E-state index < -0.39 is 22.0 Å². The lowest BCUT2D eigenvalue weighted by atomic mass is 10.2. The lowest BCUT2D eigenvalue weighted by Crippen LogP contribution is -2.40. The lowest BCUT2D eigenvalue weighted by molar-refractivity contribution is -0.139. The maximum Gasteiger partial charge on any atom is 0.321 e. The fourth-order valence-electron chi connectivity index (χ4n) is 1.66. The number of hydrogen-bond donors (Lipinski definition) is 2. The minimum atomic E-state index is -3.79. The Morgan fingerprint density at radius 2 is 2.00 bits per heavy atom. The van der Waals surface area contributed by atoms with Crippen LogP contribution in [-0.4, -0.2) is 25.5 Å². The highest BCUT2D eigenvalue weighted by Crippen LogP contribution is 2.17. The Labute approximate surface area is 107 Å². The average molecular weight is 271 g/mol. The number of carbonyl (C=O) groups is 1. The number of carboxylic acids is 1. The van der Waals surface area contributed by atoms with E-state index >= 15 is 0 Å². The second-order valence-electron chi connectivity index (χ2n) is 4.19. The first-order valence-electron chi connectivity index (χ1n) is 5.60. The van der Waals surface area contributed by atoms with Crippen molar-refractivity contribution in [2.45, 2.75) is 38.1 Å². The number of rotatable bonds is 5. The van der Waals surface area contributed by atoms with Crippen molar-refractivity contribution in [3.05, 3.63) is 29.3 Å². The van der Waals surface area contributed by atoms with Crippen LogP contribution in [0.3, 0.4) is 0 Å². The van der Waals surface area contributed by atoms with E-state index in [4.69, 9.17) is 5.11 Å². The monoisotopic (exact) mass is 271 g/mol. The summed E-state index contributed by atoms with van der Waals surface area (Å²) in [4.78, 5) is 11.0. The predicted molar refractivity (Wildman–Crippen MR) is 68.0 cm³/mol. The molecule has 1 aromatic rings. The molecule has 6 heteroatoms. The summed E-state index contributed by atoms with van der Waals surface area (Å²) in [7, 11) is -3.79. The highest BCUT2D eigenvalue weighted by atomic mass is 32.2. The number of aliphatic carboxylic acids is 1. The average Bonchev–Trinajstić information content (AvgIpc) is 2.24. The zero-order valence-electron chi connectivity index (χ0n) is 10.6. The Bertz CT molecular complexity index is 551. The zero-order chi connectivity index (χ0) is 13.9. The maximum atomic E-state index is 12.1. The van der Waals surface area contributed by atoms with Crippen molar-refractivity contribution in [3.63, 3.8) is 0 Å². The molecule has 0 bridgehead atoms. The molecule has 0 saturated carbocycles. The number of carboxylic acid groups (broad SMARTS) is 1. The number of aryl methyl sites for hydroxylation is 2. The Kier molecular flexibility index (Phi) is 4.48. The Balaban J connectivity index is 3.10. The van der Waals surface area contributed by atoms with Crippen LogP contribution in [-0.2, 0) is 14.8 Å². The summed E-state index contributed by atoms with van der Waals surface area (Å²) in [5, 5.41) is 8.87. The normalized spacial score (nSPS) is 13.3. The predicted octanol–water partition coefficient (Wildman–Crippen LogP) is 1.44. The van der Waals surface area contributed by atoms with Gasteiger partial charge in [-0.15, -0.1) is 0 Å². The molecular formula is C12H17NO4S. The van der Waals surface area contributed by atoms with Gasteiger partial charge in [0, 0.05) is 0 Å². The number of benzene rings is 1. The quantitative estimate of drug-likeness (QED) is 0.849. The van der Waals surface area contributed by atoms with Crippen LogP contribution in [0.25, 0.3) is 0 Å². The van der Waals surface area contributed by atoms with E-state index in [9.17, 15) is 13.2 Å². The van der Waals surface area contributed by atoms with Gasteiger partial charge < -0.3 is 5.11 Å². The van der Waals surface area contributed by atoms with E-state index in [0.717, 1.165) is 5.56 Å². The third-order valence-corrected chi connectivity index (χ3v) is 4.26. The molecule has 0 aliphatic rings. The highest BCUT2D eigenvalue weighted by Gasteiger charge is 2.24. The van der Waals surface area contributed by atoms with Crippen LogP contribution in [0.5, 0.6) is 0 Å². The van der Waals surface area contributed by atoms with Gasteiger partial charge in [-0.25, -0.2) is 8.42 Å². The van der Waals surface area contributed by atoms with Gasteiger partial charge in [-0.05, 0) is 31.9 Å². The second-order valence-corrected chi connectivity index (χ2v) is 5.87. The topological polar surface area (TPSA) is 83.5 Å². The molecule has 5 nitrogen and oxygen atoms in total. The summed E-state index contributed by atoms with van der Waals surface area (Å²) in [5.41, 5.74) is 1.56. The molecule has 1 atom stereocenters. The molecule has 1 rings (SSSR count). The first-order chi connectivity index (χ1) is 8.27. The van der Waals surface area contributed by atoms with Gasteiger partial charge in [-0.3, -0.25) is 4.79 Å². The molecule has 0 fully saturated rings. The van der Waals surface area contributed by atoms with Gasteiger partial charge in [0.1, 0.15) is 6.04 Å². The molecular weight excluding hydrogens is 254 g/mol. The van der Waals surface area contributed by atoms with Crippen LogP contribution >= 0.6 is 0 Å². The molecule has 0 aliphatic carbocycles. The fraction of sp³-hybridized carbons (Fsp3) is 0.417. The highest BCUT2D eigenvalue weighted by molar-refractivity contribution is 7.89. The van der Waals surface area contributed by atoms with E-state index in [-0.39, 0.29) is 11.3 Å². The summed E-state index contributed by atoms with van der Waals surface area (Å²) in [6, 6.07) is 3.82. The third kappa shape index (κ3) is 3.30. The number of sulfonamides is 1. The van der Waals surface area contributed by atoms with Gasteiger partial charge in [-0.2, -0.15) is 4.72 Å². The number of nitrogens with one attached hydrogen (secondary N) is 1. The third-order valence-electron chi connectivity index (χ3n) is 2.62. The molecule has 0 heterocycles. The smallest absolute Gasteiger partial charge is 0.321 e. The molecule has 1 aromatic carbocycles. The maximum absolute atomic E-state index is 12.1. The SMILES string of the molecule is CC[C@@H](NS(=O)(=O)c1ccc(C)cc1C)C(=O)O. The van der Waals surface area contributed by atoms with Crippen LogP contribution in [0, 0.1) is 13.8 Å². The van der Waals surface area contributed by atoms with E-state index in [0.29, 0.717) is 5.56 Å². The standard InChI is InChI=1S/C12H17NO4S/c1-4-10(12(14)15)13-18(16,17)11-6-5-8(2)7-9(11)3/h5-7,10,13H,4H2,1-3H3,(H,14,15)/t10-/m1/s1.